The lowest BCUT2D eigenvalue weighted by Crippen LogP contribution is -2.62. The van der Waals surface area contributed by atoms with Crippen molar-refractivity contribution in [1.82, 2.24) is 10.4 Å². The minimum absolute atomic E-state index is 0.0897. The van der Waals surface area contributed by atoms with Gasteiger partial charge in [-0.2, -0.15) is 5.06 Å². The van der Waals surface area contributed by atoms with Crippen LogP contribution >= 0.6 is 0 Å². The van der Waals surface area contributed by atoms with Crippen LogP contribution in [0.15, 0.2) is 30.3 Å². The van der Waals surface area contributed by atoms with E-state index in [-0.39, 0.29) is 23.0 Å². The highest BCUT2D eigenvalue weighted by Gasteiger charge is 2.45. The van der Waals surface area contributed by atoms with Crippen LogP contribution in [0, 0.1) is 0 Å². The van der Waals surface area contributed by atoms with E-state index in [1.165, 1.54) is 10.6 Å². The van der Waals surface area contributed by atoms with Crippen molar-refractivity contribution < 1.29 is 10.0 Å². The first-order chi connectivity index (χ1) is 10.2. The summed E-state index contributed by atoms with van der Waals surface area (Å²) in [6.45, 7) is 8.04. The lowest BCUT2D eigenvalue weighted by Gasteiger charge is -2.51. The van der Waals surface area contributed by atoms with Crippen LogP contribution in [0.1, 0.15) is 52.5 Å². The van der Waals surface area contributed by atoms with Crippen LogP contribution in [-0.4, -0.2) is 33.3 Å². The van der Waals surface area contributed by atoms with Gasteiger partial charge < -0.3 is 10.5 Å². The molecule has 2 N–H and O–H groups in total. The van der Waals surface area contributed by atoms with Crippen LogP contribution in [0.4, 0.5) is 0 Å². The fraction of sp³-hybridized carbons (Fsp3) is 0.611. The molecule has 4 heteroatoms. The highest BCUT2D eigenvalue weighted by molar-refractivity contribution is 5.76. The molecule has 0 saturated carbocycles. The van der Waals surface area contributed by atoms with Gasteiger partial charge in [-0.15, -0.1) is 0 Å². The van der Waals surface area contributed by atoms with E-state index in [0.29, 0.717) is 6.42 Å². The monoisotopic (exact) mass is 304 g/mol. The zero-order valence-electron chi connectivity index (χ0n) is 14.1. The highest BCUT2D eigenvalue weighted by Crippen LogP contribution is 2.36. The number of nitrogens with zero attached hydrogens (tertiary/aromatic N) is 1. The number of piperidine rings is 1. The fourth-order valence-corrected chi connectivity index (χ4v) is 3.57. The van der Waals surface area contributed by atoms with Crippen molar-refractivity contribution in [1.29, 1.82) is 0 Å². The van der Waals surface area contributed by atoms with Crippen LogP contribution in [0.5, 0.6) is 0 Å². The van der Waals surface area contributed by atoms with E-state index in [1.807, 2.05) is 58.0 Å². The van der Waals surface area contributed by atoms with Crippen LogP contribution in [0.25, 0.3) is 0 Å². The van der Waals surface area contributed by atoms with Gasteiger partial charge in [-0.1, -0.05) is 30.3 Å². The number of hydroxylamine groups is 2. The van der Waals surface area contributed by atoms with Crippen molar-refractivity contribution in [3.05, 3.63) is 35.9 Å². The number of hydrogen-bond acceptors (Lipinski definition) is 3. The predicted molar refractivity (Wildman–Crippen MR) is 87.7 cm³/mol. The van der Waals surface area contributed by atoms with Crippen molar-refractivity contribution in [2.45, 2.75) is 70.5 Å². The van der Waals surface area contributed by atoms with E-state index in [1.54, 1.807) is 0 Å². The van der Waals surface area contributed by atoms with Gasteiger partial charge in [0.2, 0.25) is 5.91 Å². The molecule has 0 atom stereocenters. The Labute approximate surface area is 133 Å². The van der Waals surface area contributed by atoms with Crippen LogP contribution in [-0.2, 0) is 11.2 Å². The standard InChI is InChI=1S/C18H28N2O2/c1-17(2)12-15(13-18(3,4)20(17)22)19-16(21)11-10-14-8-6-5-7-9-14/h5-9,15,22H,10-13H2,1-4H3,(H,19,21). The molecule has 122 valence electrons. The quantitative estimate of drug-likeness (QED) is 0.898. The van der Waals surface area contributed by atoms with Gasteiger partial charge in [-0.3, -0.25) is 4.79 Å². The summed E-state index contributed by atoms with van der Waals surface area (Å²) >= 11 is 0. The van der Waals surface area contributed by atoms with E-state index in [0.717, 1.165) is 19.3 Å². The molecule has 1 aliphatic heterocycles. The number of carbonyl (C=O) groups is 1. The Bertz CT molecular complexity index is 493. The van der Waals surface area contributed by atoms with E-state index in [4.69, 9.17) is 0 Å². The van der Waals surface area contributed by atoms with Gasteiger partial charge in [-0.05, 0) is 52.5 Å². The summed E-state index contributed by atoms with van der Waals surface area (Å²) < 4.78 is 0. The maximum atomic E-state index is 12.2. The Kier molecular flexibility index (Phi) is 4.93. The van der Waals surface area contributed by atoms with Gasteiger partial charge in [0.05, 0.1) is 0 Å². The first-order valence-electron chi connectivity index (χ1n) is 8.03. The Morgan fingerprint density at radius 2 is 1.73 bits per heavy atom. The summed E-state index contributed by atoms with van der Waals surface area (Å²) in [6.07, 6.45) is 2.77. The Balaban J connectivity index is 1.89. The minimum atomic E-state index is -0.334. The number of amides is 1. The molecule has 0 spiro atoms. The number of hydrogen-bond donors (Lipinski definition) is 2. The molecule has 1 aromatic carbocycles. The van der Waals surface area contributed by atoms with Gasteiger partial charge in [0.15, 0.2) is 0 Å². The molecule has 1 fully saturated rings. The third-order valence-electron chi connectivity index (χ3n) is 4.49. The molecule has 1 aliphatic rings. The molecule has 0 unspecified atom stereocenters. The SMILES string of the molecule is CC1(C)CC(NC(=O)CCc2ccccc2)CC(C)(C)N1O. The molecule has 0 aromatic heterocycles. The van der Waals surface area contributed by atoms with Gasteiger partial charge in [0, 0.05) is 23.5 Å². The van der Waals surface area contributed by atoms with Crippen LogP contribution in [0.2, 0.25) is 0 Å². The second-order valence-electron chi connectivity index (χ2n) is 7.59. The number of rotatable bonds is 4. The number of benzene rings is 1. The summed E-state index contributed by atoms with van der Waals surface area (Å²) in [4.78, 5) is 12.2. The van der Waals surface area contributed by atoms with Gasteiger partial charge in [-0.25, -0.2) is 0 Å². The summed E-state index contributed by atoms with van der Waals surface area (Å²) in [7, 11) is 0. The highest BCUT2D eigenvalue weighted by atomic mass is 16.5. The molecule has 1 amide bonds. The number of nitrogens with one attached hydrogen (secondary N) is 1. The van der Waals surface area contributed by atoms with E-state index in [2.05, 4.69) is 5.32 Å². The van der Waals surface area contributed by atoms with E-state index < -0.39 is 0 Å². The topological polar surface area (TPSA) is 52.6 Å². The average Bonchev–Trinajstić information content (AvgIpc) is 2.43. The molecule has 1 aromatic rings. The van der Waals surface area contributed by atoms with E-state index in [9.17, 15) is 10.0 Å². The summed E-state index contributed by atoms with van der Waals surface area (Å²) in [6, 6.07) is 10.2. The molecule has 22 heavy (non-hydrogen) atoms. The third-order valence-corrected chi connectivity index (χ3v) is 4.49. The van der Waals surface area contributed by atoms with Crippen LogP contribution < -0.4 is 5.32 Å². The maximum absolute atomic E-state index is 12.2. The summed E-state index contributed by atoms with van der Waals surface area (Å²) in [5.41, 5.74) is 0.515. The first-order valence-corrected chi connectivity index (χ1v) is 8.03. The summed E-state index contributed by atoms with van der Waals surface area (Å²) in [5.74, 6) is 0.0897. The molecule has 4 nitrogen and oxygen atoms in total. The minimum Gasteiger partial charge on any atom is -0.353 e. The Morgan fingerprint density at radius 1 is 1.18 bits per heavy atom. The number of carbonyl (C=O) groups excluding carboxylic acids is 1. The van der Waals surface area contributed by atoms with Gasteiger partial charge >= 0.3 is 0 Å². The first kappa shape index (κ1) is 17.0. The van der Waals surface area contributed by atoms with Crippen molar-refractivity contribution in [3.63, 3.8) is 0 Å². The van der Waals surface area contributed by atoms with Gasteiger partial charge in [0.25, 0.3) is 0 Å². The van der Waals surface area contributed by atoms with Crippen molar-refractivity contribution >= 4 is 5.91 Å². The zero-order chi connectivity index (χ0) is 16.4. The molecular weight excluding hydrogens is 276 g/mol. The van der Waals surface area contributed by atoms with Crippen molar-refractivity contribution in [2.24, 2.45) is 0 Å². The Hall–Kier alpha value is -1.39. The lowest BCUT2D eigenvalue weighted by atomic mass is 9.79. The molecule has 2 rings (SSSR count). The molecule has 1 heterocycles. The Morgan fingerprint density at radius 3 is 2.27 bits per heavy atom. The maximum Gasteiger partial charge on any atom is 0.220 e. The predicted octanol–water partition coefficient (Wildman–Crippen LogP) is 3.15. The molecule has 1 saturated heterocycles. The smallest absolute Gasteiger partial charge is 0.220 e. The summed E-state index contributed by atoms with van der Waals surface area (Å²) in [5, 5.41) is 14.9. The second kappa shape index (κ2) is 6.39. The fourth-order valence-electron chi connectivity index (χ4n) is 3.57. The lowest BCUT2D eigenvalue weighted by molar-refractivity contribution is -0.246. The largest absolute Gasteiger partial charge is 0.353 e. The second-order valence-corrected chi connectivity index (χ2v) is 7.59. The molecular formula is C18H28N2O2. The average molecular weight is 304 g/mol. The molecule has 0 bridgehead atoms. The van der Waals surface area contributed by atoms with Crippen molar-refractivity contribution in [3.8, 4) is 0 Å². The van der Waals surface area contributed by atoms with E-state index >= 15 is 0 Å². The number of aryl methyl sites for hydroxylation is 1. The molecule has 0 radical (unpaired) electrons. The van der Waals surface area contributed by atoms with Crippen LogP contribution in [0.3, 0.4) is 0 Å². The van der Waals surface area contributed by atoms with Gasteiger partial charge in [0.1, 0.15) is 0 Å². The van der Waals surface area contributed by atoms with Crippen molar-refractivity contribution in [2.75, 3.05) is 0 Å². The zero-order valence-corrected chi connectivity index (χ0v) is 14.1. The normalized spacial score (nSPS) is 21.5. The molecule has 0 aliphatic carbocycles. The third kappa shape index (κ3) is 4.08.